The molecular formula is C22H16F2N4O3. The maximum absolute atomic E-state index is 14.4. The minimum absolute atomic E-state index is 0.0423. The van der Waals surface area contributed by atoms with Crippen LogP contribution in [0.15, 0.2) is 76.2 Å². The van der Waals surface area contributed by atoms with Crippen LogP contribution in [-0.2, 0) is 6.67 Å². The van der Waals surface area contributed by atoms with Gasteiger partial charge in [-0.3, -0.25) is 9.78 Å². The highest BCUT2D eigenvalue weighted by molar-refractivity contribution is 5.95. The average Bonchev–Trinajstić information content (AvgIpc) is 3.24. The molecule has 0 bridgehead atoms. The van der Waals surface area contributed by atoms with Crippen LogP contribution in [0.1, 0.15) is 33.2 Å². The van der Waals surface area contributed by atoms with Crippen LogP contribution >= 0.6 is 0 Å². The first-order valence-corrected chi connectivity index (χ1v) is 9.27. The molecule has 4 aromatic rings. The molecule has 0 aliphatic rings. The van der Waals surface area contributed by atoms with Crippen molar-refractivity contribution in [1.82, 2.24) is 20.4 Å². The van der Waals surface area contributed by atoms with Gasteiger partial charge in [-0.1, -0.05) is 36.4 Å². The third kappa shape index (κ3) is 4.40. The largest absolute Gasteiger partial charge is 0.460 e. The van der Waals surface area contributed by atoms with Crippen molar-refractivity contribution in [2.24, 2.45) is 0 Å². The van der Waals surface area contributed by atoms with Crippen molar-refractivity contribution >= 4 is 5.91 Å². The fraction of sp³-hybridized carbons (Fsp3) is 0.0909. The predicted octanol–water partition coefficient (Wildman–Crippen LogP) is 3.55. The number of pyridine rings is 1. The van der Waals surface area contributed by atoms with Crippen molar-refractivity contribution in [3.05, 3.63) is 106 Å². The van der Waals surface area contributed by atoms with E-state index in [0.717, 1.165) is 0 Å². The van der Waals surface area contributed by atoms with E-state index in [1.54, 1.807) is 36.4 Å². The molecular weight excluding hydrogens is 406 g/mol. The highest BCUT2D eigenvalue weighted by Gasteiger charge is 2.22. The van der Waals surface area contributed by atoms with E-state index < -0.39 is 30.2 Å². The number of rotatable bonds is 6. The summed E-state index contributed by atoms with van der Waals surface area (Å²) in [5.74, 6) is -1.56. The molecule has 2 heterocycles. The van der Waals surface area contributed by atoms with Crippen molar-refractivity contribution < 1.29 is 18.1 Å². The molecule has 1 amide bonds. The lowest BCUT2D eigenvalue weighted by Gasteiger charge is -2.20. The second kappa shape index (κ2) is 8.70. The van der Waals surface area contributed by atoms with Gasteiger partial charge in [-0.25, -0.2) is 13.6 Å². The molecule has 0 saturated carbocycles. The zero-order valence-corrected chi connectivity index (χ0v) is 16.0. The van der Waals surface area contributed by atoms with Gasteiger partial charge in [0.15, 0.2) is 5.82 Å². The molecule has 2 aromatic carbocycles. The Labute approximate surface area is 174 Å². The van der Waals surface area contributed by atoms with Gasteiger partial charge in [0.05, 0.1) is 6.04 Å². The maximum Gasteiger partial charge on any atom is 0.460 e. The Balaban J connectivity index is 1.62. The Hall–Kier alpha value is -4.14. The number of nitrogens with zero attached hydrogens (tertiary/aromatic N) is 2. The maximum atomic E-state index is 14.4. The highest BCUT2D eigenvalue weighted by Crippen LogP contribution is 2.24. The summed E-state index contributed by atoms with van der Waals surface area (Å²) in [4.78, 5) is 31.7. The van der Waals surface area contributed by atoms with Gasteiger partial charge in [-0.15, -0.1) is 0 Å². The number of carbonyl (C=O) groups is 1. The molecule has 2 N–H and O–H groups in total. The van der Waals surface area contributed by atoms with Gasteiger partial charge in [0.2, 0.25) is 0 Å². The number of hydrogen-bond donors (Lipinski definition) is 2. The van der Waals surface area contributed by atoms with E-state index in [9.17, 15) is 18.4 Å². The Morgan fingerprint density at radius 3 is 2.45 bits per heavy atom. The summed E-state index contributed by atoms with van der Waals surface area (Å²) in [5, 5.41) is 5.17. The molecule has 9 heteroatoms. The predicted molar refractivity (Wildman–Crippen MR) is 107 cm³/mol. The van der Waals surface area contributed by atoms with E-state index >= 15 is 0 Å². The van der Waals surface area contributed by atoms with Crippen molar-refractivity contribution in [2.45, 2.75) is 12.7 Å². The molecule has 0 saturated heterocycles. The van der Waals surface area contributed by atoms with E-state index in [0.29, 0.717) is 22.3 Å². The zero-order chi connectivity index (χ0) is 21.8. The smallest absolute Gasteiger partial charge is 0.339 e. The number of amides is 1. The van der Waals surface area contributed by atoms with Crippen LogP contribution in [0.25, 0.3) is 11.4 Å². The molecule has 7 nitrogen and oxygen atoms in total. The van der Waals surface area contributed by atoms with Gasteiger partial charge >= 0.3 is 5.76 Å². The number of benzene rings is 2. The summed E-state index contributed by atoms with van der Waals surface area (Å²) in [5.41, 5.74) is 1.92. The van der Waals surface area contributed by atoms with Crippen molar-refractivity contribution in [3.63, 3.8) is 0 Å². The van der Waals surface area contributed by atoms with Crippen LogP contribution in [0.4, 0.5) is 8.78 Å². The SMILES string of the molecule is O=C(N[C@@H](c1ccc(CF)cc1)c1ncccc1F)c1ccc(-c2nc(=O)o[nH]2)cc1. The number of hydrogen-bond acceptors (Lipinski definition) is 5. The molecule has 156 valence electrons. The Kier molecular flexibility index (Phi) is 5.65. The number of alkyl halides is 1. The van der Waals surface area contributed by atoms with Crippen LogP contribution in [0.3, 0.4) is 0 Å². The molecule has 2 aromatic heterocycles. The standard InChI is InChI=1S/C22H16F2N4O3/c23-12-13-3-5-14(6-4-13)18(19-17(24)2-1-11-25-19)26-21(29)16-9-7-15(8-10-16)20-27-22(30)31-28-20/h1-11,18H,12H2,(H,26,29)(H,27,28,30)/t18-/m0/s1. The fourth-order valence-electron chi connectivity index (χ4n) is 3.07. The minimum Gasteiger partial charge on any atom is -0.339 e. The summed E-state index contributed by atoms with van der Waals surface area (Å²) >= 11 is 0. The lowest BCUT2D eigenvalue weighted by Crippen LogP contribution is -2.30. The van der Waals surface area contributed by atoms with Crippen LogP contribution in [0.2, 0.25) is 0 Å². The van der Waals surface area contributed by atoms with E-state index in [1.807, 2.05) is 0 Å². The quantitative estimate of drug-likeness (QED) is 0.495. The molecule has 0 aliphatic heterocycles. The van der Waals surface area contributed by atoms with Gasteiger partial charge in [0.25, 0.3) is 5.91 Å². The van der Waals surface area contributed by atoms with E-state index in [-0.39, 0.29) is 11.5 Å². The first-order chi connectivity index (χ1) is 15.0. The normalized spacial score (nSPS) is 11.8. The van der Waals surface area contributed by atoms with Crippen molar-refractivity contribution in [2.75, 3.05) is 0 Å². The van der Waals surface area contributed by atoms with E-state index in [2.05, 4.69) is 25.0 Å². The lowest BCUT2D eigenvalue weighted by molar-refractivity contribution is 0.0941. The average molecular weight is 422 g/mol. The molecule has 0 aliphatic carbocycles. The van der Waals surface area contributed by atoms with E-state index in [4.69, 9.17) is 0 Å². The van der Waals surface area contributed by atoms with Crippen LogP contribution in [-0.4, -0.2) is 21.0 Å². The second-order valence-electron chi connectivity index (χ2n) is 6.66. The summed E-state index contributed by atoms with van der Waals surface area (Å²) in [7, 11) is 0. The van der Waals surface area contributed by atoms with Gasteiger partial charge in [-0.2, -0.15) is 10.1 Å². The molecule has 0 unspecified atom stereocenters. The van der Waals surface area contributed by atoms with Gasteiger partial charge in [0.1, 0.15) is 18.2 Å². The number of aromatic amines is 1. The topological polar surface area (TPSA) is 101 Å². The molecule has 0 spiro atoms. The third-order valence-corrected chi connectivity index (χ3v) is 4.66. The summed E-state index contributed by atoms with van der Waals surface area (Å²) < 4.78 is 31.8. The van der Waals surface area contributed by atoms with Gasteiger partial charge in [-0.05, 0) is 35.4 Å². The second-order valence-corrected chi connectivity index (χ2v) is 6.66. The number of aromatic nitrogens is 3. The number of H-pyrrole nitrogens is 1. The lowest BCUT2D eigenvalue weighted by atomic mass is 10.0. The first kappa shape index (κ1) is 20.1. The molecule has 0 radical (unpaired) electrons. The number of nitrogens with one attached hydrogen (secondary N) is 2. The summed E-state index contributed by atoms with van der Waals surface area (Å²) in [6.45, 7) is -0.627. The molecule has 0 fully saturated rings. The van der Waals surface area contributed by atoms with Crippen LogP contribution in [0.5, 0.6) is 0 Å². The third-order valence-electron chi connectivity index (χ3n) is 4.66. The Morgan fingerprint density at radius 1 is 1.10 bits per heavy atom. The van der Waals surface area contributed by atoms with Crippen LogP contribution < -0.4 is 11.1 Å². The van der Waals surface area contributed by atoms with Crippen LogP contribution in [0, 0.1) is 5.82 Å². The number of carbonyl (C=O) groups excluding carboxylic acids is 1. The Bertz CT molecular complexity index is 1250. The number of halogens is 2. The zero-order valence-electron chi connectivity index (χ0n) is 16.0. The minimum atomic E-state index is -0.881. The monoisotopic (exact) mass is 422 g/mol. The van der Waals surface area contributed by atoms with Gasteiger partial charge in [0, 0.05) is 17.3 Å². The Morgan fingerprint density at radius 2 is 1.84 bits per heavy atom. The first-order valence-electron chi connectivity index (χ1n) is 9.27. The van der Waals surface area contributed by atoms with Crippen molar-refractivity contribution in [1.29, 1.82) is 0 Å². The highest BCUT2D eigenvalue weighted by atomic mass is 19.1. The summed E-state index contributed by atoms with van der Waals surface area (Å²) in [6.07, 6.45) is 1.43. The fourth-order valence-corrected chi connectivity index (χ4v) is 3.07. The molecule has 4 rings (SSSR count). The van der Waals surface area contributed by atoms with Crippen molar-refractivity contribution in [3.8, 4) is 11.4 Å². The van der Waals surface area contributed by atoms with Gasteiger partial charge < -0.3 is 9.84 Å². The molecule has 1 atom stereocenters. The summed E-state index contributed by atoms with van der Waals surface area (Å²) in [6, 6.07) is 14.5. The molecule has 31 heavy (non-hydrogen) atoms. The van der Waals surface area contributed by atoms with E-state index in [1.165, 1.54) is 30.5 Å².